The Morgan fingerprint density at radius 2 is 1.83 bits per heavy atom. The summed E-state index contributed by atoms with van der Waals surface area (Å²) in [6, 6.07) is 8.89. The molecule has 1 fully saturated rings. The van der Waals surface area contributed by atoms with Crippen molar-refractivity contribution >= 4 is 45.7 Å². The lowest BCUT2D eigenvalue weighted by atomic mass is 9.96. The van der Waals surface area contributed by atoms with Crippen LogP contribution in [0, 0.1) is 11.6 Å². The number of halogens is 3. The molecule has 53 heavy (non-hydrogen) atoms. The number of nitrogens with zero attached hydrogens (tertiary/aromatic N) is 5. The second kappa shape index (κ2) is 13.3. The number of rotatable bonds is 10. The summed E-state index contributed by atoms with van der Waals surface area (Å²) in [5, 5.41) is 11.3. The summed E-state index contributed by atoms with van der Waals surface area (Å²) >= 11 is 0. The van der Waals surface area contributed by atoms with Gasteiger partial charge in [0.15, 0.2) is 5.83 Å². The Bertz CT molecular complexity index is 2360. The molecule has 12 nitrogen and oxygen atoms in total. The molecule has 276 valence electrons. The topological polar surface area (TPSA) is 131 Å². The molecule has 3 aromatic heterocycles. The molecule has 1 aliphatic heterocycles. The first-order valence-electron chi connectivity index (χ1n) is 16.9. The predicted octanol–water partition coefficient (Wildman–Crippen LogP) is 6.47. The predicted molar refractivity (Wildman–Crippen MR) is 191 cm³/mol. The van der Waals surface area contributed by atoms with E-state index in [9.17, 15) is 23.9 Å². The van der Waals surface area contributed by atoms with Crippen molar-refractivity contribution in [1.82, 2.24) is 18.9 Å². The summed E-state index contributed by atoms with van der Waals surface area (Å²) in [7, 11) is 7.07. The molecule has 4 heterocycles. The maximum Gasteiger partial charge on any atom is 0.408 e. The van der Waals surface area contributed by atoms with Gasteiger partial charge < -0.3 is 33.8 Å². The number of aryl methyl sites for hydroxylation is 1. The fourth-order valence-electron chi connectivity index (χ4n) is 7.08. The third-order valence-electron chi connectivity index (χ3n) is 10.2. The van der Waals surface area contributed by atoms with Gasteiger partial charge in [0, 0.05) is 63.2 Å². The summed E-state index contributed by atoms with van der Waals surface area (Å²) in [6.45, 7) is 2.13. The van der Waals surface area contributed by atoms with Gasteiger partial charge in [-0.3, -0.25) is 14.5 Å². The summed E-state index contributed by atoms with van der Waals surface area (Å²) in [6.07, 6.45) is 2.87. The van der Waals surface area contributed by atoms with Crippen LogP contribution in [0.5, 0.6) is 5.75 Å². The van der Waals surface area contributed by atoms with E-state index in [0.717, 1.165) is 67.9 Å². The van der Waals surface area contributed by atoms with Crippen molar-refractivity contribution in [3.63, 3.8) is 0 Å². The number of carbonyl (C=O) groups is 3. The van der Waals surface area contributed by atoms with E-state index in [1.165, 1.54) is 0 Å². The van der Waals surface area contributed by atoms with Gasteiger partial charge in [-0.15, -0.1) is 0 Å². The fraction of sp³-hybridized carbons (Fsp3) is 0.316. The molecule has 5 aromatic rings. The summed E-state index contributed by atoms with van der Waals surface area (Å²) in [5.41, 5.74) is 3.76. The Kier molecular flexibility index (Phi) is 8.92. The zero-order valence-corrected chi connectivity index (χ0v) is 29.7. The summed E-state index contributed by atoms with van der Waals surface area (Å²) < 4.78 is 60.4. The lowest BCUT2D eigenvalue weighted by molar-refractivity contribution is -0.114. The minimum atomic E-state index is -1.47. The van der Waals surface area contributed by atoms with Crippen LogP contribution in [-0.4, -0.2) is 81.6 Å². The average molecular weight is 731 g/mol. The maximum absolute atomic E-state index is 15.4. The van der Waals surface area contributed by atoms with Gasteiger partial charge in [0.05, 0.1) is 35.1 Å². The van der Waals surface area contributed by atoms with E-state index in [2.05, 4.69) is 4.90 Å². The van der Waals surface area contributed by atoms with Gasteiger partial charge in [-0.2, -0.15) is 0 Å². The highest BCUT2D eigenvalue weighted by molar-refractivity contribution is 6.11. The lowest BCUT2D eigenvalue weighted by Crippen LogP contribution is -2.39. The van der Waals surface area contributed by atoms with Crippen molar-refractivity contribution in [3.05, 3.63) is 88.8 Å². The summed E-state index contributed by atoms with van der Waals surface area (Å²) in [4.78, 5) is 46.1. The van der Waals surface area contributed by atoms with Crippen LogP contribution in [0.25, 0.3) is 27.7 Å². The third kappa shape index (κ3) is 6.04. The van der Waals surface area contributed by atoms with Crippen molar-refractivity contribution in [2.24, 2.45) is 7.05 Å². The number of nitrogens with one attached hydrogen (secondary N) is 1. The van der Waals surface area contributed by atoms with E-state index in [4.69, 9.17) is 14.5 Å². The molecule has 1 aliphatic carbocycles. The first-order valence-corrected chi connectivity index (χ1v) is 16.9. The minimum absolute atomic E-state index is 0.153. The zero-order chi connectivity index (χ0) is 37.9. The Morgan fingerprint density at radius 1 is 1.11 bits per heavy atom. The highest BCUT2D eigenvalue weighted by atomic mass is 19.1. The Balaban J connectivity index is 1.24. The van der Waals surface area contributed by atoms with Crippen LogP contribution >= 0.6 is 0 Å². The van der Waals surface area contributed by atoms with Crippen LogP contribution in [0.3, 0.4) is 0 Å². The maximum atomic E-state index is 15.4. The van der Waals surface area contributed by atoms with Crippen molar-refractivity contribution in [2.75, 3.05) is 44.6 Å². The van der Waals surface area contributed by atoms with Crippen molar-refractivity contribution < 1.29 is 42.1 Å². The van der Waals surface area contributed by atoms with Crippen molar-refractivity contribution in [1.29, 1.82) is 0 Å². The number of benzene rings is 2. The normalized spacial score (nSPS) is 14.9. The number of likely N-dealkylation sites (N-methyl/N-ethyl adjacent to an activating group) is 1. The largest absolute Gasteiger partial charge is 0.496 e. The summed E-state index contributed by atoms with van der Waals surface area (Å²) in [5.74, 6) is -4.82. The number of imidazole rings is 1. The van der Waals surface area contributed by atoms with E-state index in [1.54, 1.807) is 43.9 Å². The van der Waals surface area contributed by atoms with E-state index in [-0.39, 0.29) is 11.3 Å². The molecule has 0 bridgehead atoms. The Labute approximate surface area is 302 Å². The smallest absolute Gasteiger partial charge is 0.408 e. The average Bonchev–Trinajstić information content (AvgIpc) is 3.64. The van der Waals surface area contributed by atoms with Gasteiger partial charge in [-0.25, -0.2) is 22.9 Å². The minimum Gasteiger partial charge on any atom is -0.496 e. The number of carboxylic acid groups (broad SMARTS) is 1. The molecule has 2 aliphatic rings. The second-order valence-electron chi connectivity index (χ2n) is 13.6. The van der Waals surface area contributed by atoms with E-state index < -0.39 is 53.0 Å². The molecule has 0 atom stereocenters. The van der Waals surface area contributed by atoms with Crippen LogP contribution in [-0.2, 0) is 29.6 Å². The number of aromatic nitrogens is 3. The molecule has 2 N–H and O–H groups in total. The number of amides is 2. The molecule has 1 saturated carbocycles. The van der Waals surface area contributed by atoms with Gasteiger partial charge in [0.1, 0.15) is 41.0 Å². The van der Waals surface area contributed by atoms with Crippen LogP contribution in [0.4, 0.5) is 29.3 Å². The molecular weight excluding hydrogens is 693 g/mol. The molecular formula is C38H37F3N6O6. The number of hydrogen-bond acceptors (Lipinski definition) is 7. The quantitative estimate of drug-likeness (QED) is 0.124. The van der Waals surface area contributed by atoms with Gasteiger partial charge in [0.25, 0.3) is 5.91 Å². The van der Waals surface area contributed by atoms with Gasteiger partial charge in [-0.05, 0) is 62.1 Å². The van der Waals surface area contributed by atoms with E-state index in [0.29, 0.717) is 38.2 Å². The van der Waals surface area contributed by atoms with Crippen molar-refractivity contribution in [2.45, 2.75) is 38.3 Å². The van der Waals surface area contributed by atoms with Crippen LogP contribution in [0.2, 0.25) is 0 Å². The fourth-order valence-corrected chi connectivity index (χ4v) is 7.08. The highest BCUT2D eigenvalue weighted by Crippen LogP contribution is 2.47. The van der Waals surface area contributed by atoms with Crippen LogP contribution in [0.1, 0.15) is 47.2 Å². The number of ether oxygens (including phenoxy) is 2. The Hall–Kier alpha value is -5.83. The first-order chi connectivity index (χ1) is 25.3. The van der Waals surface area contributed by atoms with Crippen LogP contribution in [0.15, 0.2) is 54.5 Å². The monoisotopic (exact) mass is 730 g/mol. The zero-order valence-electron chi connectivity index (χ0n) is 29.7. The standard InChI is InChI=1S/C38H37F3N6O6/c1-38(10-11-38)47(37(50)51)14-9-23(39)36(49)43-31-24(40)15-21(16-25(31)41)35(48)27-17-20-8-13-44(2)34-30(22-7-6-12-46(27)33(20)22)28(53-5)18-26-32(34)42-29(19-52-4)45(26)3/h6-7,9,12,15-18H,8,10-11,13-14,19H2,1-5H3,(H,43,49)(H,50,51)/b23-9-. The van der Waals surface area contributed by atoms with E-state index >= 15 is 8.78 Å². The van der Waals surface area contributed by atoms with Crippen molar-refractivity contribution in [3.8, 4) is 16.9 Å². The molecule has 0 saturated heterocycles. The van der Waals surface area contributed by atoms with Gasteiger partial charge >= 0.3 is 6.09 Å². The number of anilines is 2. The lowest BCUT2D eigenvalue weighted by Gasteiger charge is -2.27. The van der Waals surface area contributed by atoms with Gasteiger partial charge in [-0.1, -0.05) is 6.07 Å². The molecule has 0 unspecified atom stereocenters. The number of methoxy groups -OCH3 is 2. The molecule has 7 rings (SSSR count). The van der Waals surface area contributed by atoms with E-state index in [1.807, 2.05) is 36.1 Å². The second-order valence-corrected chi connectivity index (χ2v) is 13.6. The molecule has 2 aromatic carbocycles. The molecule has 0 spiro atoms. The highest BCUT2D eigenvalue weighted by Gasteiger charge is 2.45. The van der Waals surface area contributed by atoms with Crippen LogP contribution < -0.4 is 15.0 Å². The number of pyridine rings is 1. The van der Waals surface area contributed by atoms with Gasteiger partial charge in [0.2, 0.25) is 5.78 Å². The number of ketones is 1. The SMILES string of the molecule is COCc1nc2c3c(c(OC)cc2n1C)-c1cccn2c(C(=O)c4cc(F)c(NC(=O)/C(F)=C/CN(C(=O)O)C5(C)CC5)c(F)c4)cc(c12)CCN3C. The third-order valence-corrected chi connectivity index (χ3v) is 10.2. The number of fused-ring (bicyclic) bond motifs is 4. The Morgan fingerprint density at radius 3 is 2.47 bits per heavy atom. The number of hydrogen-bond donors (Lipinski definition) is 2. The number of carbonyl (C=O) groups excluding carboxylic acids is 2. The molecule has 15 heteroatoms. The molecule has 0 radical (unpaired) electrons. The molecule has 2 amide bonds. The first kappa shape index (κ1) is 35.6.